The number of aryl methyl sites for hydroxylation is 1. The maximum atomic E-state index is 13.2. The summed E-state index contributed by atoms with van der Waals surface area (Å²) in [6, 6.07) is 15.6. The summed E-state index contributed by atoms with van der Waals surface area (Å²) in [6.07, 6.45) is 1.53. The Balaban J connectivity index is 1.25. The Morgan fingerprint density at radius 3 is 2.61 bits per heavy atom. The summed E-state index contributed by atoms with van der Waals surface area (Å²) in [5.74, 6) is 0.249. The van der Waals surface area contributed by atoms with Crippen LogP contribution in [-0.4, -0.2) is 68.6 Å². The zero-order chi connectivity index (χ0) is 26.3. The van der Waals surface area contributed by atoms with Gasteiger partial charge in [0.1, 0.15) is 18.1 Å². The number of carbonyl (C=O) groups is 1. The van der Waals surface area contributed by atoms with Crippen molar-refractivity contribution in [1.82, 2.24) is 35.6 Å². The summed E-state index contributed by atoms with van der Waals surface area (Å²) in [5, 5.41) is 19.7. The van der Waals surface area contributed by atoms with E-state index in [1.807, 2.05) is 43.3 Å². The molecule has 2 aromatic carbocycles. The van der Waals surface area contributed by atoms with Crippen LogP contribution in [0, 0.1) is 6.92 Å². The summed E-state index contributed by atoms with van der Waals surface area (Å²) in [6.45, 7) is 5.56. The molecule has 1 saturated heterocycles. The Hall–Kier alpha value is -4.62. The van der Waals surface area contributed by atoms with Crippen molar-refractivity contribution in [2.75, 3.05) is 32.0 Å². The lowest BCUT2D eigenvalue weighted by Gasteiger charge is -2.25. The zero-order valence-corrected chi connectivity index (χ0v) is 20.8. The number of carbonyl (C=O) groups excluding carboxylic acids is 1. The summed E-state index contributed by atoms with van der Waals surface area (Å²) < 4.78 is 17.1. The van der Waals surface area contributed by atoms with E-state index in [0.29, 0.717) is 45.1 Å². The lowest BCUT2D eigenvalue weighted by molar-refractivity contribution is 0.0335. The van der Waals surface area contributed by atoms with E-state index in [2.05, 4.69) is 52.8 Å². The molecular formula is C25H27N9O4. The van der Waals surface area contributed by atoms with Gasteiger partial charge in [-0.1, -0.05) is 35.0 Å². The maximum Gasteiger partial charge on any atom is 0.292 e. The third-order valence-corrected chi connectivity index (χ3v) is 5.91. The number of nitrogens with two attached hydrogens (primary N) is 1. The number of hydrogen-bond donors (Lipinski definition) is 2. The number of nitrogens with one attached hydrogen (secondary N) is 1. The van der Waals surface area contributed by atoms with Gasteiger partial charge in [0.05, 0.1) is 19.4 Å². The molecule has 196 valence electrons. The first kappa shape index (κ1) is 25.0. The van der Waals surface area contributed by atoms with Crippen LogP contribution >= 0.6 is 0 Å². The van der Waals surface area contributed by atoms with Crippen molar-refractivity contribution in [3.63, 3.8) is 0 Å². The molecule has 1 aliphatic heterocycles. The van der Waals surface area contributed by atoms with Gasteiger partial charge < -0.3 is 15.2 Å². The largest absolute Gasteiger partial charge is 0.489 e. The molecule has 0 aliphatic carbocycles. The molecule has 1 amide bonds. The molecule has 0 spiro atoms. The van der Waals surface area contributed by atoms with Crippen LogP contribution in [0.5, 0.6) is 5.75 Å². The number of hydrazone groups is 1. The number of anilines is 1. The number of rotatable bonds is 9. The molecule has 0 radical (unpaired) electrons. The minimum Gasteiger partial charge on any atom is -0.489 e. The molecule has 5 rings (SSSR count). The average molecular weight is 518 g/mol. The number of hydrogen-bond acceptors (Lipinski definition) is 11. The number of nitrogen functional groups attached to an aromatic ring is 1. The van der Waals surface area contributed by atoms with E-state index in [9.17, 15) is 4.79 Å². The normalized spacial score (nSPS) is 14.1. The summed E-state index contributed by atoms with van der Waals surface area (Å²) in [5.41, 5.74) is 12.0. The Labute approximate surface area is 218 Å². The monoisotopic (exact) mass is 517 g/mol. The number of morpholine rings is 1. The molecule has 1 fully saturated rings. The van der Waals surface area contributed by atoms with Gasteiger partial charge in [-0.3, -0.25) is 9.69 Å². The van der Waals surface area contributed by atoms with Gasteiger partial charge >= 0.3 is 0 Å². The number of aromatic nitrogens is 5. The Morgan fingerprint density at radius 2 is 1.89 bits per heavy atom. The Kier molecular flexibility index (Phi) is 7.66. The molecule has 0 bridgehead atoms. The highest BCUT2D eigenvalue weighted by Crippen LogP contribution is 2.18. The van der Waals surface area contributed by atoms with Crippen LogP contribution in [0.3, 0.4) is 0 Å². The van der Waals surface area contributed by atoms with Gasteiger partial charge in [-0.25, -0.2) is 10.1 Å². The number of benzene rings is 2. The molecular weight excluding hydrogens is 490 g/mol. The van der Waals surface area contributed by atoms with Gasteiger partial charge in [-0.15, -0.1) is 5.10 Å². The van der Waals surface area contributed by atoms with E-state index >= 15 is 0 Å². The molecule has 3 N–H and O–H groups in total. The van der Waals surface area contributed by atoms with Gasteiger partial charge in [0.25, 0.3) is 5.91 Å². The van der Waals surface area contributed by atoms with Gasteiger partial charge in [0.15, 0.2) is 5.69 Å². The number of ether oxygens (including phenoxy) is 2. The quantitative estimate of drug-likeness (QED) is 0.247. The fourth-order valence-corrected chi connectivity index (χ4v) is 3.82. The topological polar surface area (TPSA) is 159 Å². The summed E-state index contributed by atoms with van der Waals surface area (Å²) >= 11 is 0. The second-order valence-corrected chi connectivity index (χ2v) is 8.70. The van der Waals surface area contributed by atoms with Crippen molar-refractivity contribution in [3.05, 3.63) is 76.6 Å². The predicted octanol–water partition coefficient (Wildman–Crippen LogP) is 1.72. The lowest BCUT2D eigenvalue weighted by atomic mass is 10.2. The molecule has 0 atom stereocenters. The van der Waals surface area contributed by atoms with Crippen molar-refractivity contribution in [3.8, 4) is 11.6 Å². The summed E-state index contributed by atoms with van der Waals surface area (Å²) in [4.78, 5) is 15.3. The van der Waals surface area contributed by atoms with E-state index in [1.54, 1.807) is 0 Å². The standard InChI is InChI=1S/C25H27N9O4/c1-17-2-4-19(5-3-17)16-37-20-8-6-18(7-9-20)14-27-29-25(35)22-21(15-33-10-12-36-13-11-33)28-32-34(22)24-23(26)30-38-31-24/h2-9,14H,10-13,15-16H2,1H3,(H2,26,30)(H,29,35)/b27-14+. The zero-order valence-electron chi connectivity index (χ0n) is 20.8. The summed E-state index contributed by atoms with van der Waals surface area (Å²) in [7, 11) is 0. The molecule has 1 aliphatic rings. The van der Waals surface area contributed by atoms with Gasteiger partial charge in [0.2, 0.25) is 11.6 Å². The lowest BCUT2D eigenvalue weighted by Crippen LogP contribution is -2.36. The maximum absolute atomic E-state index is 13.2. The first-order valence-corrected chi connectivity index (χ1v) is 12.0. The van der Waals surface area contributed by atoms with E-state index in [4.69, 9.17) is 15.2 Å². The van der Waals surface area contributed by atoms with Gasteiger partial charge in [-0.2, -0.15) is 9.78 Å². The second-order valence-electron chi connectivity index (χ2n) is 8.70. The molecule has 2 aromatic heterocycles. The molecule has 13 nitrogen and oxygen atoms in total. The molecule has 0 unspecified atom stereocenters. The first-order chi connectivity index (χ1) is 18.6. The van der Waals surface area contributed by atoms with E-state index < -0.39 is 5.91 Å². The second kappa shape index (κ2) is 11.6. The van der Waals surface area contributed by atoms with E-state index in [-0.39, 0.29) is 17.3 Å². The van der Waals surface area contributed by atoms with Crippen LogP contribution in [0.15, 0.2) is 58.3 Å². The highest BCUT2D eigenvalue weighted by Gasteiger charge is 2.26. The Bertz CT molecular complexity index is 1390. The fraction of sp³-hybridized carbons (Fsp3) is 0.280. The highest BCUT2D eigenvalue weighted by molar-refractivity contribution is 5.95. The van der Waals surface area contributed by atoms with Gasteiger partial charge in [0, 0.05) is 19.6 Å². The van der Waals surface area contributed by atoms with E-state index in [1.165, 1.54) is 16.5 Å². The smallest absolute Gasteiger partial charge is 0.292 e. The number of amides is 1. The van der Waals surface area contributed by atoms with Gasteiger partial charge in [-0.05, 0) is 52.6 Å². The predicted molar refractivity (Wildman–Crippen MR) is 137 cm³/mol. The molecule has 13 heteroatoms. The third-order valence-electron chi connectivity index (χ3n) is 5.91. The molecule has 0 saturated carbocycles. The van der Waals surface area contributed by atoms with Crippen LogP contribution in [0.4, 0.5) is 5.82 Å². The van der Waals surface area contributed by atoms with Crippen molar-refractivity contribution < 1.29 is 18.9 Å². The minimum absolute atomic E-state index is 0.0185. The van der Waals surface area contributed by atoms with Crippen LogP contribution in [-0.2, 0) is 17.9 Å². The number of nitrogens with zero attached hydrogens (tertiary/aromatic N) is 7. The SMILES string of the molecule is Cc1ccc(COc2ccc(/C=N/NC(=O)c3c(CN4CCOCC4)nnn3-c3nonc3N)cc2)cc1. The van der Waals surface area contributed by atoms with Crippen molar-refractivity contribution >= 4 is 17.9 Å². The van der Waals surface area contributed by atoms with Crippen LogP contribution < -0.4 is 15.9 Å². The fourth-order valence-electron chi connectivity index (χ4n) is 3.82. The Morgan fingerprint density at radius 1 is 1.13 bits per heavy atom. The minimum atomic E-state index is -0.532. The highest BCUT2D eigenvalue weighted by atomic mass is 16.6. The van der Waals surface area contributed by atoms with Crippen molar-refractivity contribution in [1.29, 1.82) is 0 Å². The molecule has 3 heterocycles. The van der Waals surface area contributed by atoms with Crippen molar-refractivity contribution in [2.45, 2.75) is 20.1 Å². The van der Waals surface area contributed by atoms with Crippen LogP contribution in [0.25, 0.3) is 5.82 Å². The van der Waals surface area contributed by atoms with E-state index in [0.717, 1.165) is 16.9 Å². The molecule has 38 heavy (non-hydrogen) atoms. The first-order valence-electron chi connectivity index (χ1n) is 12.0. The van der Waals surface area contributed by atoms with Crippen LogP contribution in [0.2, 0.25) is 0 Å². The third kappa shape index (κ3) is 6.02. The average Bonchev–Trinajstić information content (AvgIpc) is 3.55. The van der Waals surface area contributed by atoms with Crippen molar-refractivity contribution in [2.24, 2.45) is 5.10 Å². The van der Waals surface area contributed by atoms with Crippen LogP contribution in [0.1, 0.15) is 32.9 Å². The molecule has 4 aromatic rings.